The summed E-state index contributed by atoms with van der Waals surface area (Å²) >= 11 is 0. The number of imidazole rings is 1. The van der Waals surface area contributed by atoms with Crippen LogP contribution in [0.4, 0.5) is 0 Å². The quantitative estimate of drug-likeness (QED) is 0.751. The van der Waals surface area contributed by atoms with Crippen LogP contribution in [0.1, 0.15) is 25.1 Å². The highest BCUT2D eigenvalue weighted by Crippen LogP contribution is 2.19. The van der Waals surface area contributed by atoms with Crippen molar-refractivity contribution < 1.29 is 13.5 Å². The average Bonchev–Trinajstić information content (AvgIpc) is 2.84. The summed E-state index contributed by atoms with van der Waals surface area (Å²) in [5.41, 5.74) is 0. The molecule has 0 amide bonds. The first-order chi connectivity index (χ1) is 9.54. The van der Waals surface area contributed by atoms with Crippen LogP contribution in [0.3, 0.4) is 0 Å². The summed E-state index contributed by atoms with van der Waals surface area (Å²) in [5, 5.41) is 9.29. The summed E-state index contributed by atoms with van der Waals surface area (Å²) in [7, 11) is -1.65. The molecular weight excluding hydrogens is 280 g/mol. The lowest BCUT2D eigenvalue weighted by molar-refractivity contribution is 0.154. The Kier molecular flexibility index (Phi) is 5.14. The number of aryl methyl sites for hydroxylation is 1. The molecule has 1 saturated heterocycles. The maximum Gasteiger partial charge on any atom is 0.279 e. The van der Waals surface area contributed by atoms with Crippen molar-refractivity contribution in [3.8, 4) is 0 Å². The number of hydrogen-bond acceptors (Lipinski definition) is 4. The predicted molar refractivity (Wildman–Crippen MR) is 75.3 cm³/mol. The van der Waals surface area contributed by atoms with Crippen molar-refractivity contribution in [1.29, 1.82) is 0 Å². The van der Waals surface area contributed by atoms with Crippen molar-refractivity contribution in [2.75, 3.05) is 19.7 Å². The minimum absolute atomic E-state index is 0.125. The first-order valence-corrected chi connectivity index (χ1v) is 8.32. The first-order valence-electron chi connectivity index (χ1n) is 6.88. The van der Waals surface area contributed by atoms with Gasteiger partial charge in [0.1, 0.15) is 5.82 Å². The highest BCUT2D eigenvalue weighted by Gasteiger charge is 2.31. The predicted octanol–water partition coefficient (Wildman–Crippen LogP) is -0.356. The van der Waals surface area contributed by atoms with E-state index in [0.29, 0.717) is 19.5 Å². The molecule has 114 valence electrons. The molecule has 1 aliphatic heterocycles. The second-order valence-electron chi connectivity index (χ2n) is 5.05. The zero-order chi connectivity index (χ0) is 14.6. The van der Waals surface area contributed by atoms with Gasteiger partial charge in [0, 0.05) is 45.0 Å². The molecule has 2 rings (SSSR count). The minimum Gasteiger partial charge on any atom is -0.395 e. The number of rotatable bonds is 6. The van der Waals surface area contributed by atoms with Gasteiger partial charge in [0.2, 0.25) is 0 Å². The van der Waals surface area contributed by atoms with Crippen molar-refractivity contribution >= 4 is 10.2 Å². The molecule has 0 aliphatic carbocycles. The number of aromatic nitrogens is 2. The molecule has 1 aromatic heterocycles. The molecule has 1 atom stereocenters. The zero-order valence-corrected chi connectivity index (χ0v) is 12.5. The summed E-state index contributed by atoms with van der Waals surface area (Å²) in [4.78, 5) is 4.15. The second kappa shape index (κ2) is 6.66. The highest BCUT2D eigenvalue weighted by molar-refractivity contribution is 7.87. The van der Waals surface area contributed by atoms with E-state index in [9.17, 15) is 13.5 Å². The summed E-state index contributed by atoms with van der Waals surface area (Å²) in [6.07, 6.45) is 6.59. The Labute approximate surface area is 119 Å². The van der Waals surface area contributed by atoms with Crippen LogP contribution in [0.25, 0.3) is 0 Å². The maximum absolute atomic E-state index is 12.2. The average molecular weight is 302 g/mol. The lowest BCUT2D eigenvalue weighted by atomic mass is 10.1. The Balaban J connectivity index is 1.91. The first kappa shape index (κ1) is 15.4. The van der Waals surface area contributed by atoms with Crippen LogP contribution in [-0.2, 0) is 23.7 Å². The van der Waals surface area contributed by atoms with Gasteiger partial charge in [-0.25, -0.2) is 9.71 Å². The van der Waals surface area contributed by atoms with Crippen LogP contribution in [0.15, 0.2) is 12.4 Å². The molecule has 0 radical (unpaired) electrons. The molecule has 2 N–H and O–H groups in total. The Hall–Kier alpha value is -0.960. The molecule has 1 aliphatic rings. The normalized spacial score (nSPS) is 21.2. The van der Waals surface area contributed by atoms with Gasteiger partial charge in [0.15, 0.2) is 0 Å². The smallest absolute Gasteiger partial charge is 0.279 e. The fourth-order valence-electron chi connectivity index (χ4n) is 2.49. The van der Waals surface area contributed by atoms with Crippen molar-refractivity contribution in [2.45, 2.75) is 31.7 Å². The molecule has 1 unspecified atom stereocenters. The number of hydrogen-bond donors (Lipinski definition) is 2. The third kappa shape index (κ3) is 3.57. The monoisotopic (exact) mass is 302 g/mol. The van der Waals surface area contributed by atoms with E-state index in [0.717, 1.165) is 25.1 Å². The lowest BCUT2D eigenvalue weighted by Gasteiger charge is -2.33. The van der Waals surface area contributed by atoms with Crippen molar-refractivity contribution in [3.05, 3.63) is 18.2 Å². The van der Waals surface area contributed by atoms with Gasteiger partial charge >= 0.3 is 0 Å². The lowest BCUT2D eigenvalue weighted by Crippen LogP contribution is -2.50. The van der Waals surface area contributed by atoms with E-state index in [-0.39, 0.29) is 12.6 Å². The minimum atomic E-state index is -3.52. The fraction of sp³-hybridized carbons (Fsp3) is 0.750. The van der Waals surface area contributed by atoms with Gasteiger partial charge < -0.3 is 9.67 Å². The standard InChI is InChI=1S/C12H22N4O3S/c1-15-9-7-13-12(15)5-6-14-20(18,19)16-8-3-2-4-11(16)10-17/h7,9,11,14,17H,2-6,8,10H2,1H3. The molecule has 1 aromatic rings. The van der Waals surface area contributed by atoms with Gasteiger partial charge in [0.25, 0.3) is 10.2 Å². The Morgan fingerprint density at radius 3 is 2.95 bits per heavy atom. The SMILES string of the molecule is Cn1ccnc1CCNS(=O)(=O)N1CCCCC1CO. The van der Waals surface area contributed by atoms with Crippen LogP contribution in [0.5, 0.6) is 0 Å². The Bertz CT molecular complexity index is 529. The molecule has 0 bridgehead atoms. The maximum atomic E-state index is 12.2. The number of nitrogens with zero attached hydrogens (tertiary/aromatic N) is 3. The van der Waals surface area contributed by atoms with Gasteiger partial charge in [-0.05, 0) is 12.8 Å². The van der Waals surface area contributed by atoms with Crippen molar-refractivity contribution in [2.24, 2.45) is 7.05 Å². The van der Waals surface area contributed by atoms with Crippen LogP contribution < -0.4 is 4.72 Å². The molecule has 0 aromatic carbocycles. The number of piperidine rings is 1. The number of aliphatic hydroxyl groups excluding tert-OH is 1. The Morgan fingerprint density at radius 2 is 2.30 bits per heavy atom. The molecule has 0 saturated carbocycles. The molecule has 7 nitrogen and oxygen atoms in total. The number of aliphatic hydroxyl groups is 1. The van der Waals surface area contributed by atoms with Gasteiger partial charge in [0.05, 0.1) is 6.61 Å². The molecule has 1 fully saturated rings. The van der Waals surface area contributed by atoms with Crippen LogP contribution >= 0.6 is 0 Å². The molecule has 0 spiro atoms. The highest BCUT2D eigenvalue weighted by atomic mass is 32.2. The van der Waals surface area contributed by atoms with E-state index in [2.05, 4.69) is 9.71 Å². The van der Waals surface area contributed by atoms with E-state index in [1.807, 2.05) is 17.8 Å². The third-order valence-corrected chi connectivity index (χ3v) is 5.31. The molecular formula is C12H22N4O3S. The van der Waals surface area contributed by atoms with E-state index in [4.69, 9.17) is 0 Å². The second-order valence-corrected chi connectivity index (χ2v) is 6.75. The van der Waals surface area contributed by atoms with Crippen molar-refractivity contribution in [1.82, 2.24) is 18.6 Å². The van der Waals surface area contributed by atoms with Gasteiger partial charge in [-0.15, -0.1) is 0 Å². The summed E-state index contributed by atoms with van der Waals surface area (Å²) in [6, 6.07) is -0.297. The van der Waals surface area contributed by atoms with Crippen molar-refractivity contribution in [3.63, 3.8) is 0 Å². The van der Waals surface area contributed by atoms with Gasteiger partial charge in [-0.3, -0.25) is 0 Å². The summed E-state index contributed by atoms with van der Waals surface area (Å²) < 4.78 is 30.3. The van der Waals surface area contributed by atoms with E-state index in [1.165, 1.54) is 4.31 Å². The summed E-state index contributed by atoms with van der Waals surface area (Å²) in [5.74, 6) is 0.838. The van der Waals surface area contributed by atoms with E-state index < -0.39 is 10.2 Å². The van der Waals surface area contributed by atoms with Crippen LogP contribution in [0.2, 0.25) is 0 Å². The summed E-state index contributed by atoms with van der Waals surface area (Å²) in [6.45, 7) is 0.658. The number of nitrogens with one attached hydrogen (secondary N) is 1. The van der Waals surface area contributed by atoms with Crippen LogP contribution in [0, 0.1) is 0 Å². The van der Waals surface area contributed by atoms with Crippen LogP contribution in [-0.4, -0.2) is 53.1 Å². The molecule has 20 heavy (non-hydrogen) atoms. The van der Waals surface area contributed by atoms with Gasteiger partial charge in [-0.1, -0.05) is 6.42 Å². The molecule has 2 heterocycles. The molecule has 8 heteroatoms. The largest absolute Gasteiger partial charge is 0.395 e. The van der Waals surface area contributed by atoms with E-state index >= 15 is 0 Å². The topological polar surface area (TPSA) is 87.5 Å². The Morgan fingerprint density at radius 1 is 1.50 bits per heavy atom. The zero-order valence-electron chi connectivity index (χ0n) is 11.7. The van der Waals surface area contributed by atoms with E-state index in [1.54, 1.807) is 6.20 Å². The van der Waals surface area contributed by atoms with Gasteiger partial charge in [-0.2, -0.15) is 12.7 Å². The fourth-order valence-corrected chi connectivity index (χ4v) is 3.94. The third-order valence-electron chi connectivity index (χ3n) is 3.65.